The molecule has 1 saturated carbocycles. The van der Waals surface area contributed by atoms with Gasteiger partial charge >= 0.3 is 5.97 Å². The van der Waals surface area contributed by atoms with Crippen molar-refractivity contribution >= 4 is 5.97 Å². The van der Waals surface area contributed by atoms with Gasteiger partial charge in [0, 0.05) is 6.92 Å². The minimum Gasteiger partial charge on any atom is -0.460 e. The number of carbonyl (C=O) groups is 1. The predicted octanol–water partition coefficient (Wildman–Crippen LogP) is 5.19. The van der Waals surface area contributed by atoms with E-state index in [1.54, 1.807) is 13.8 Å². The number of allylic oxidation sites excluding steroid dienone is 3. The van der Waals surface area contributed by atoms with Crippen LogP contribution < -0.4 is 0 Å². The van der Waals surface area contributed by atoms with E-state index in [1.807, 2.05) is 0 Å². The van der Waals surface area contributed by atoms with E-state index in [1.165, 1.54) is 37.3 Å². The molecule has 2 aliphatic rings. The molecule has 4 unspecified atom stereocenters. The van der Waals surface area contributed by atoms with Gasteiger partial charge in [0.15, 0.2) is 0 Å². The minimum absolute atomic E-state index is 0.252. The fraction of sp³-hybridized carbons (Fsp3) is 0.773. The maximum Gasteiger partial charge on any atom is 0.303 e. The Morgan fingerprint density at radius 2 is 2.16 bits per heavy atom. The summed E-state index contributed by atoms with van der Waals surface area (Å²) >= 11 is 0. The molecule has 0 saturated heterocycles. The maximum absolute atomic E-state index is 11.4. The van der Waals surface area contributed by atoms with E-state index >= 15 is 0 Å². The topological polar surface area (TPSA) is 46.5 Å². The molecule has 0 bridgehead atoms. The van der Waals surface area contributed by atoms with Crippen molar-refractivity contribution in [3.05, 3.63) is 23.8 Å². The Hall–Kier alpha value is -1.09. The first-order valence-electron chi connectivity index (χ1n) is 9.76. The molecule has 1 N–H and O–H groups in total. The number of ether oxygens (including phenoxy) is 1. The number of rotatable bonds is 5. The molecule has 2 rings (SSSR count). The van der Waals surface area contributed by atoms with Gasteiger partial charge in [-0.3, -0.25) is 4.79 Å². The second-order valence-electron chi connectivity index (χ2n) is 9.15. The van der Waals surface area contributed by atoms with Crippen molar-refractivity contribution in [1.82, 2.24) is 0 Å². The minimum atomic E-state index is -1.01. The third-order valence-electron chi connectivity index (χ3n) is 6.47. The lowest BCUT2D eigenvalue weighted by Crippen LogP contribution is -2.48. The van der Waals surface area contributed by atoms with Crippen molar-refractivity contribution < 1.29 is 14.6 Å². The number of aliphatic hydroxyl groups is 1. The van der Waals surface area contributed by atoms with E-state index in [9.17, 15) is 9.90 Å². The molecular formula is C22H36O3. The number of carbonyl (C=O) groups excluding carboxylic acids is 1. The molecule has 0 radical (unpaired) electrons. The molecule has 0 amide bonds. The van der Waals surface area contributed by atoms with Crippen LogP contribution in [0.3, 0.4) is 0 Å². The van der Waals surface area contributed by atoms with Crippen molar-refractivity contribution in [2.75, 3.05) is 0 Å². The fourth-order valence-electron chi connectivity index (χ4n) is 4.78. The van der Waals surface area contributed by atoms with Gasteiger partial charge in [0.05, 0.1) is 5.60 Å². The first-order chi connectivity index (χ1) is 11.5. The summed E-state index contributed by atoms with van der Waals surface area (Å²) in [4.78, 5) is 11.4. The van der Waals surface area contributed by atoms with Crippen molar-refractivity contribution in [2.45, 2.75) is 91.3 Å². The normalized spacial score (nSPS) is 33.7. The molecule has 0 spiro atoms. The van der Waals surface area contributed by atoms with Crippen LogP contribution >= 0.6 is 0 Å². The van der Waals surface area contributed by atoms with Crippen LogP contribution in [0.5, 0.6) is 0 Å². The van der Waals surface area contributed by atoms with Gasteiger partial charge in [0.2, 0.25) is 0 Å². The third kappa shape index (κ3) is 4.97. The van der Waals surface area contributed by atoms with E-state index in [2.05, 4.69) is 26.5 Å². The lowest BCUT2D eigenvalue weighted by atomic mass is 9.49. The van der Waals surface area contributed by atoms with Crippen molar-refractivity contribution in [3.63, 3.8) is 0 Å². The number of fused-ring (bicyclic) bond motifs is 1. The van der Waals surface area contributed by atoms with Crippen LogP contribution in [-0.4, -0.2) is 22.8 Å². The Bertz CT molecular complexity index is 540. The molecule has 25 heavy (non-hydrogen) atoms. The monoisotopic (exact) mass is 348 g/mol. The van der Waals surface area contributed by atoms with Gasteiger partial charge in [-0.05, 0) is 83.0 Å². The zero-order chi connectivity index (χ0) is 18.8. The standard InChI is InChI=1S/C22H36O3/c1-15-8-7-9-16(2)18-14-22(6,19(18)11-10-15)13-12-20(21(4,5)24)25-17(3)23/h8,18-20,24H,2,7,9-14H2,1,3-6H3/b15-8+. The highest BCUT2D eigenvalue weighted by Gasteiger charge is 2.50. The number of hydrogen-bond acceptors (Lipinski definition) is 3. The van der Waals surface area contributed by atoms with Crippen LogP contribution in [-0.2, 0) is 9.53 Å². The molecule has 142 valence electrons. The van der Waals surface area contributed by atoms with Crippen LogP contribution in [0.2, 0.25) is 0 Å². The summed E-state index contributed by atoms with van der Waals surface area (Å²) in [5.41, 5.74) is 2.15. The molecule has 0 aliphatic heterocycles. The smallest absolute Gasteiger partial charge is 0.303 e. The molecule has 2 aliphatic carbocycles. The highest BCUT2D eigenvalue weighted by molar-refractivity contribution is 5.66. The molecule has 0 aromatic rings. The van der Waals surface area contributed by atoms with Gasteiger partial charge in [-0.15, -0.1) is 0 Å². The second kappa shape index (κ2) is 7.65. The first kappa shape index (κ1) is 20.2. The first-order valence-corrected chi connectivity index (χ1v) is 9.76. The molecular weight excluding hydrogens is 312 g/mol. The summed E-state index contributed by atoms with van der Waals surface area (Å²) in [6.45, 7) is 13.8. The Morgan fingerprint density at radius 1 is 1.48 bits per heavy atom. The van der Waals surface area contributed by atoms with Crippen LogP contribution in [0.1, 0.15) is 79.6 Å². The summed E-state index contributed by atoms with van der Waals surface area (Å²) in [6, 6.07) is 0. The third-order valence-corrected chi connectivity index (χ3v) is 6.47. The van der Waals surface area contributed by atoms with Gasteiger partial charge in [0.25, 0.3) is 0 Å². The summed E-state index contributed by atoms with van der Waals surface area (Å²) in [6.07, 6.45) is 9.41. The largest absolute Gasteiger partial charge is 0.460 e. The Morgan fingerprint density at radius 3 is 2.76 bits per heavy atom. The summed E-state index contributed by atoms with van der Waals surface area (Å²) in [5.74, 6) is 0.972. The van der Waals surface area contributed by atoms with Crippen LogP contribution in [0.4, 0.5) is 0 Å². The molecule has 0 aromatic heterocycles. The molecule has 3 heteroatoms. The van der Waals surface area contributed by atoms with Crippen LogP contribution in [0.25, 0.3) is 0 Å². The summed E-state index contributed by atoms with van der Waals surface area (Å²) in [7, 11) is 0. The Kier molecular flexibility index (Phi) is 6.19. The molecule has 3 nitrogen and oxygen atoms in total. The van der Waals surface area contributed by atoms with Crippen molar-refractivity contribution in [3.8, 4) is 0 Å². The SMILES string of the molecule is C=C1CC/C=C(\C)CCC2C1CC2(C)CCC(OC(C)=O)C(C)(C)O. The lowest BCUT2D eigenvalue weighted by Gasteiger charge is -2.55. The van der Waals surface area contributed by atoms with Gasteiger partial charge in [-0.2, -0.15) is 0 Å². The highest BCUT2D eigenvalue weighted by Crippen LogP contribution is 2.59. The fourth-order valence-corrected chi connectivity index (χ4v) is 4.78. The van der Waals surface area contributed by atoms with Crippen LogP contribution in [0, 0.1) is 17.3 Å². The maximum atomic E-state index is 11.4. The van der Waals surface area contributed by atoms with E-state index in [0.717, 1.165) is 19.3 Å². The average Bonchev–Trinajstić information content (AvgIpc) is 2.52. The number of hydrogen-bond donors (Lipinski definition) is 1. The van der Waals surface area contributed by atoms with Crippen molar-refractivity contribution in [1.29, 1.82) is 0 Å². The second-order valence-corrected chi connectivity index (χ2v) is 9.15. The zero-order valence-corrected chi connectivity index (χ0v) is 16.7. The van der Waals surface area contributed by atoms with Gasteiger partial charge in [0.1, 0.15) is 6.10 Å². The lowest BCUT2D eigenvalue weighted by molar-refractivity contribution is -0.162. The summed E-state index contributed by atoms with van der Waals surface area (Å²) in [5, 5.41) is 10.3. The summed E-state index contributed by atoms with van der Waals surface area (Å²) < 4.78 is 5.40. The average molecular weight is 349 g/mol. The zero-order valence-electron chi connectivity index (χ0n) is 16.7. The van der Waals surface area contributed by atoms with Crippen LogP contribution in [0.15, 0.2) is 23.8 Å². The van der Waals surface area contributed by atoms with E-state index in [4.69, 9.17) is 4.74 Å². The van der Waals surface area contributed by atoms with Gasteiger partial charge in [-0.25, -0.2) is 0 Å². The van der Waals surface area contributed by atoms with Gasteiger partial charge in [-0.1, -0.05) is 30.7 Å². The quantitative estimate of drug-likeness (QED) is 0.549. The molecule has 0 aromatic carbocycles. The highest BCUT2D eigenvalue weighted by atomic mass is 16.6. The molecule has 0 heterocycles. The van der Waals surface area contributed by atoms with E-state index in [0.29, 0.717) is 18.3 Å². The van der Waals surface area contributed by atoms with Gasteiger partial charge < -0.3 is 9.84 Å². The predicted molar refractivity (Wildman–Crippen MR) is 102 cm³/mol. The molecule has 4 atom stereocenters. The number of esters is 1. The Balaban J connectivity index is 2.04. The Labute approximate surface area is 153 Å². The van der Waals surface area contributed by atoms with E-state index < -0.39 is 11.7 Å². The molecule has 1 fully saturated rings. The van der Waals surface area contributed by atoms with Crippen molar-refractivity contribution in [2.24, 2.45) is 17.3 Å². The van der Waals surface area contributed by atoms with E-state index in [-0.39, 0.29) is 11.4 Å².